The lowest BCUT2D eigenvalue weighted by Gasteiger charge is -2.17. The van der Waals surface area contributed by atoms with Gasteiger partial charge in [-0.2, -0.15) is 0 Å². The second kappa shape index (κ2) is 7.67. The Labute approximate surface area is 120 Å². The molecule has 0 bridgehead atoms. The SMILES string of the molecule is CCNc1cc(NC(C)C(=O)NC(C)C)nc(CC)n1. The minimum atomic E-state index is -0.341. The highest BCUT2D eigenvalue weighted by molar-refractivity contribution is 5.84. The van der Waals surface area contributed by atoms with Crippen molar-refractivity contribution in [2.45, 2.75) is 53.1 Å². The number of nitrogens with zero attached hydrogens (tertiary/aromatic N) is 2. The first kappa shape index (κ1) is 16.2. The summed E-state index contributed by atoms with van der Waals surface area (Å²) in [5.41, 5.74) is 0. The molecule has 0 saturated carbocycles. The van der Waals surface area contributed by atoms with Gasteiger partial charge in [0.2, 0.25) is 5.91 Å². The number of rotatable bonds is 7. The van der Waals surface area contributed by atoms with Crippen molar-refractivity contribution in [1.29, 1.82) is 0 Å². The van der Waals surface area contributed by atoms with Crippen LogP contribution >= 0.6 is 0 Å². The third kappa shape index (κ3) is 5.03. The molecule has 20 heavy (non-hydrogen) atoms. The largest absolute Gasteiger partial charge is 0.370 e. The molecule has 0 aliphatic rings. The van der Waals surface area contributed by atoms with Gasteiger partial charge in [-0.25, -0.2) is 9.97 Å². The molecule has 112 valence electrons. The van der Waals surface area contributed by atoms with E-state index in [0.29, 0.717) is 5.82 Å². The summed E-state index contributed by atoms with van der Waals surface area (Å²) in [7, 11) is 0. The predicted molar refractivity (Wildman–Crippen MR) is 81.9 cm³/mol. The molecule has 1 aromatic rings. The van der Waals surface area contributed by atoms with E-state index >= 15 is 0 Å². The molecule has 0 aliphatic carbocycles. The minimum absolute atomic E-state index is 0.0401. The average Bonchev–Trinajstić information content (AvgIpc) is 2.37. The van der Waals surface area contributed by atoms with E-state index < -0.39 is 0 Å². The van der Waals surface area contributed by atoms with Gasteiger partial charge >= 0.3 is 0 Å². The van der Waals surface area contributed by atoms with Crippen molar-refractivity contribution < 1.29 is 4.79 Å². The summed E-state index contributed by atoms with van der Waals surface area (Å²) >= 11 is 0. The lowest BCUT2D eigenvalue weighted by atomic mass is 10.2. The summed E-state index contributed by atoms with van der Waals surface area (Å²) in [4.78, 5) is 20.7. The fraction of sp³-hybridized carbons (Fsp3) is 0.643. The zero-order chi connectivity index (χ0) is 15.1. The number of carbonyl (C=O) groups is 1. The molecule has 1 heterocycles. The maximum absolute atomic E-state index is 11.9. The monoisotopic (exact) mass is 279 g/mol. The normalized spacial score (nSPS) is 12.1. The zero-order valence-electron chi connectivity index (χ0n) is 12.9. The Morgan fingerprint density at radius 2 is 1.85 bits per heavy atom. The van der Waals surface area contributed by atoms with Crippen LogP contribution in [0.5, 0.6) is 0 Å². The predicted octanol–water partition coefficient (Wildman–Crippen LogP) is 1.80. The molecule has 6 heteroatoms. The highest BCUT2D eigenvalue weighted by Gasteiger charge is 2.14. The van der Waals surface area contributed by atoms with E-state index in [4.69, 9.17) is 0 Å². The Morgan fingerprint density at radius 1 is 1.20 bits per heavy atom. The average molecular weight is 279 g/mol. The fourth-order valence-corrected chi connectivity index (χ4v) is 1.70. The number of aryl methyl sites for hydroxylation is 1. The van der Waals surface area contributed by atoms with Crippen LogP contribution in [0.3, 0.4) is 0 Å². The first-order chi connectivity index (χ1) is 9.46. The molecular weight excluding hydrogens is 254 g/mol. The summed E-state index contributed by atoms with van der Waals surface area (Å²) in [6.07, 6.45) is 0.750. The molecule has 0 saturated heterocycles. The van der Waals surface area contributed by atoms with Crippen LogP contribution in [0, 0.1) is 0 Å². The Morgan fingerprint density at radius 3 is 2.40 bits per heavy atom. The molecule has 0 fully saturated rings. The standard InChI is InChI=1S/C14H25N5O/c1-6-11-18-12(15-7-2)8-13(19-11)17-10(5)14(20)16-9(3)4/h8-10H,6-7H2,1-5H3,(H,16,20)(H2,15,17,18,19). The molecule has 1 unspecified atom stereocenters. The quantitative estimate of drug-likeness (QED) is 0.709. The molecular formula is C14H25N5O. The van der Waals surface area contributed by atoms with E-state index in [0.717, 1.165) is 24.6 Å². The number of amides is 1. The Bertz CT molecular complexity index is 447. The van der Waals surface area contributed by atoms with Crippen LogP contribution in [0.4, 0.5) is 11.6 Å². The minimum Gasteiger partial charge on any atom is -0.370 e. The lowest BCUT2D eigenvalue weighted by Crippen LogP contribution is -2.41. The second-order valence-electron chi connectivity index (χ2n) is 4.97. The number of nitrogens with one attached hydrogen (secondary N) is 3. The van der Waals surface area contributed by atoms with Gasteiger partial charge in [-0.05, 0) is 27.7 Å². The second-order valence-corrected chi connectivity index (χ2v) is 4.97. The number of aromatic nitrogens is 2. The van der Waals surface area contributed by atoms with Gasteiger partial charge in [-0.15, -0.1) is 0 Å². The van der Waals surface area contributed by atoms with E-state index in [1.165, 1.54) is 0 Å². The van der Waals surface area contributed by atoms with Crippen molar-refractivity contribution in [3.63, 3.8) is 0 Å². The van der Waals surface area contributed by atoms with Crippen LogP contribution in [-0.2, 0) is 11.2 Å². The fourth-order valence-electron chi connectivity index (χ4n) is 1.70. The lowest BCUT2D eigenvalue weighted by molar-refractivity contribution is -0.122. The van der Waals surface area contributed by atoms with Crippen molar-refractivity contribution in [1.82, 2.24) is 15.3 Å². The highest BCUT2D eigenvalue weighted by atomic mass is 16.2. The molecule has 1 amide bonds. The highest BCUT2D eigenvalue weighted by Crippen LogP contribution is 2.12. The molecule has 0 aromatic carbocycles. The van der Waals surface area contributed by atoms with Gasteiger partial charge < -0.3 is 16.0 Å². The van der Waals surface area contributed by atoms with Gasteiger partial charge in [-0.1, -0.05) is 6.92 Å². The van der Waals surface area contributed by atoms with Gasteiger partial charge in [0.15, 0.2) is 0 Å². The number of carbonyl (C=O) groups excluding carboxylic acids is 1. The molecule has 0 radical (unpaired) electrons. The Balaban J connectivity index is 2.80. The van der Waals surface area contributed by atoms with Crippen molar-refractivity contribution in [2.75, 3.05) is 17.2 Å². The molecule has 1 atom stereocenters. The molecule has 6 nitrogen and oxygen atoms in total. The van der Waals surface area contributed by atoms with Crippen LogP contribution in [0.15, 0.2) is 6.07 Å². The molecule has 0 aliphatic heterocycles. The van der Waals surface area contributed by atoms with E-state index in [2.05, 4.69) is 25.9 Å². The van der Waals surface area contributed by atoms with Crippen LogP contribution in [0.25, 0.3) is 0 Å². The van der Waals surface area contributed by atoms with Crippen molar-refractivity contribution in [3.8, 4) is 0 Å². The van der Waals surface area contributed by atoms with E-state index in [1.54, 1.807) is 0 Å². The Hall–Kier alpha value is -1.85. The maximum atomic E-state index is 11.9. The van der Waals surface area contributed by atoms with Crippen LogP contribution in [-0.4, -0.2) is 34.5 Å². The summed E-state index contributed by atoms with van der Waals surface area (Å²) in [5, 5.41) is 9.15. The summed E-state index contributed by atoms with van der Waals surface area (Å²) < 4.78 is 0. The van der Waals surface area contributed by atoms with Crippen molar-refractivity contribution in [2.24, 2.45) is 0 Å². The number of hydrogen-bond acceptors (Lipinski definition) is 5. The van der Waals surface area contributed by atoms with Gasteiger partial charge in [-0.3, -0.25) is 4.79 Å². The van der Waals surface area contributed by atoms with E-state index in [1.807, 2.05) is 40.7 Å². The first-order valence-electron chi connectivity index (χ1n) is 7.15. The summed E-state index contributed by atoms with van der Waals surface area (Å²) in [5.74, 6) is 2.15. The smallest absolute Gasteiger partial charge is 0.242 e. The molecule has 1 rings (SSSR count). The molecule has 0 spiro atoms. The summed E-state index contributed by atoms with van der Waals surface area (Å²) in [6.45, 7) is 10.5. The number of hydrogen-bond donors (Lipinski definition) is 3. The molecule has 3 N–H and O–H groups in total. The third-order valence-corrected chi connectivity index (χ3v) is 2.64. The topological polar surface area (TPSA) is 78.9 Å². The maximum Gasteiger partial charge on any atom is 0.242 e. The van der Waals surface area contributed by atoms with Gasteiger partial charge in [0.25, 0.3) is 0 Å². The zero-order valence-corrected chi connectivity index (χ0v) is 12.9. The van der Waals surface area contributed by atoms with Crippen molar-refractivity contribution >= 4 is 17.5 Å². The van der Waals surface area contributed by atoms with Gasteiger partial charge in [0.1, 0.15) is 23.5 Å². The van der Waals surface area contributed by atoms with Crippen molar-refractivity contribution in [3.05, 3.63) is 11.9 Å². The third-order valence-electron chi connectivity index (χ3n) is 2.64. The van der Waals surface area contributed by atoms with Gasteiger partial charge in [0, 0.05) is 25.1 Å². The van der Waals surface area contributed by atoms with Crippen LogP contribution in [0.2, 0.25) is 0 Å². The van der Waals surface area contributed by atoms with Crippen LogP contribution in [0.1, 0.15) is 40.4 Å². The summed E-state index contributed by atoms with van der Waals surface area (Å²) in [6, 6.07) is 1.61. The van der Waals surface area contributed by atoms with Gasteiger partial charge in [0.05, 0.1) is 0 Å². The van der Waals surface area contributed by atoms with Crippen LogP contribution < -0.4 is 16.0 Å². The Kier molecular flexibility index (Phi) is 6.21. The van der Waals surface area contributed by atoms with E-state index in [-0.39, 0.29) is 18.0 Å². The first-order valence-corrected chi connectivity index (χ1v) is 7.15. The molecule has 1 aromatic heterocycles. The van der Waals surface area contributed by atoms with E-state index in [9.17, 15) is 4.79 Å². The number of anilines is 2.